The van der Waals surface area contributed by atoms with E-state index in [4.69, 9.17) is 0 Å². The molecule has 2 aromatic carbocycles. The number of pyridine rings is 1. The molecule has 26 heavy (non-hydrogen) atoms. The molecule has 0 fully saturated rings. The zero-order chi connectivity index (χ0) is 18.4. The van der Waals surface area contributed by atoms with Crippen molar-refractivity contribution in [1.82, 2.24) is 10.3 Å². The molecule has 0 aliphatic heterocycles. The summed E-state index contributed by atoms with van der Waals surface area (Å²) in [5, 5.41) is 5.73. The van der Waals surface area contributed by atoms with Gasteiger partial charge in [0.1, 0.15) is 0 Å². The van der Waals surface area contributed by atoms with Crippen molar-refractivity contribution in [2.45, 2.75) is 13.5 Å². The number of nitrogens with one attached hydrogen (secondary N) is 2. The highest BCUT2D eigenvalue weighted by molar-refractivity contribution is 6.04. The number of aryl methyl sites for hydroxylation is 1. The lowest BCUT2D eigenvalue weighted by Gasteiger charge is -2.09. The first-order chi connectivity index (χ1) is 12.6. The van der Waals surface area contributed by atoms with Crippen molar-refractivity contribution >= 4 is 17.5 Å². The number of carbonyl (C=O) groups is 2. The molecule has 130 valence electrons. The van der Waals surface area contributed by atoms with E-state index in [9.17, 15) is 9.59 Å². The SMILES string of the molecule is Cc1cccc(C(=O)NCc2cccc(NC(=O)c3cccnc3)c2)c1. The van der Waals surface area contributed by atoms with E-state index in [0.29, 0.717) is 23.4 Å². The zero-order valence-corrected chi connectivity index (χ0v) is 14.4. The van der Waals surface area contributed by atoms with E-state index in [1.54, 1.807) is 30.5 Å². The third-order valence-corrected chi connectivity index (χ3v) is 3.84. The molecule has 0 unspecified atom stereocenters. The van der Waals surface area contributed by atoms with Crippen molar-refractivity contribution < 1.29 is 9.59 Å². The van der Waals surface area contributed by atoms with Gasteiger partial charge < -0.3 is 10.6 Å². The lowest BCUT2D eigenvalue weighted by molar-refractivity contribution is 0.0949. The van der Waals surface area contributed by atoms with Crippen LogP contribution in [-0.4, -0.2) is 16.8 Å². The summed E-state index contributed by atoms with van der Waals surface area (Å²) in [7, 11) is 0. The molecule has 0 aliphatic rings. The number of carbonyl (C=O) groups excluding carboxylic acids is 2. The summed E-state index contributed by atoms with van der Waals surface area (Å²) in [5.74, 6) is -0.349. The van der Waals surface area contributed by atoms with Crippen LogP contribution in [0.1, 0.15) is 31.8 Å². The van der Waals surface area contributed by atoms with E-state index in [0.717, 1.165) is 11.1 Å². The molecule has 0 spiro atoms. The Morgan fingerprint density at radius 3 is 2.50 bits per heavy atom. The van der Waals surface area contributed by atoms with Crippen molar-refractivity contribution in [1.29, 1.82) is 0 Å². The standard InChI is InChI=1S/C21H19N3O2/c1-15-5-2-7-17(11-15)20(25)23-13-16-6-3-9-19(12-16)24-21(26)18-8-4-10-22-14-18/h2-12,14H,13H2,1H3,(H,23,25)(H,24,26). The number of hydrogen-bond donors (Lipinski definition) is 2. The average molecular weight is 345 g/mol. The first kappa shape index (κ1) is 17.4. The fourth-order valence-corrected chi connectivity index (χ4v) is 2.53. The third-order valence-electron chi connectivity index (χ3n) is 3.84. The Morgan fingerprint density at radius 1 is 0.923 bits per heavy atom. The van der Waals surface area contributed by atoms with Crippen LogP contribution >= 0.6 is 0 Å². The van der Waals surface area contributed by atoms with Gasteiger partial charge in [-0.25, -0.2) is 0 Å². The van der Waals surface area contributed by atoms with Gasteiger partial charge in [0.25, 0.3) is 11.8 Å². The maximum absolute atomic E-state index is 12.2. The maximum atomic E-state index is 12.2. The Balaban J connectivity index is 1.62. The number of rotatable bonds is 5. The van der Waals surface area contributed by atoms with E-state index in [1.807, 2.05) is 43.3 Å². The van der Waals surface area contributed by atoms with Crippen LogP contribution in [0.5, 0.6) is 0 Å². The summed E-state index contributed by atoms with van der Waals surface area (Å²) in [5.41, 5.74) is 3.73. The summed E-state index contributed by atoms with van der Waals surface area (Å²) in [6.45, 7) is 2.33. The topological polar surface area (TPSA) is 71.1 Å². The van der Waals surface area contributed by atoms with Crippen molar-refractivity contribution in [3.8, 4) is 0 Å². The van der Waals surface area contributed by atoms with Gasteiger partial charge in [0.05, 0.1) is 5.56 Å². The molecule has 0 atom stereocenters. The molecular weight excluding hydrogens is 326 g/mol. The van der Waals surface area contributed by atoms with Crippen LogP contribution in [0.15, 0.2) is 73.1 Å². The molecule has 1 heterocycles. The molecule has 5 heteroatoms. The molecule has 0 saturated heterocycles. The van der Waals surface area contributed by atoms with Gasteiger partial charge in [-0.05, 0) is 48.9 Å². The van der Waals surface area contributed by atoms with Gasteiger partial charge in [0, 0.05) is 30.2 Å². The van der Waals surface area contributed by atoms with Gasteiger partial charge in [0.2, 0.25) is 0 Å². The summed E-state index contributed by atoms with van der Waals surface area (Å²) in [4.78, 5) is 28.4. The monoisotopic (exact) mass is 345 g/mol. The molecule has 5 nitrogen and oxygen atoms in total. The number of nitrogens with zero attached hydrogens (tertiary/aromatic N) is 1. The zero-order valence-electron chi connectivity index (χ0n) is 14.4. The van der Waals surface area contributed by atoms with E-state index < -0.39 is 0 Å². The predicted molar refractivity (Wildman–Crippen MR) is 101 cm³/mol. The van der Waals surface area contributed by atoms with Crippen molar-refractivity contribution in [2.24, 2.45) is 0 Å². The first-order valence-corrected chi connectivity index (χ1v) is 8.27. The highest BCUT2D eigenvalue weighted by Crippen LogP contribution is 2.12. The molecule has 0 radical (unpaired) electrons. The summed E-state index contributed by atoms with van der Waals surface area (Å²) in [6.07, 6.45) is 3.13. The Labute approximate surface area is 152 Å². The summed E-state index contributed by atoms with van der Waals surface area (Å²) >= 11 is 0. The van der Waals surface area contributed by atoms with Crippen LogP contribution in [0.2, 0.25) is 0 Å². The van der Waals surface area contributed by atoms with Gasteiger partial charge in [-0.1, -0.05) is 29.8 Å². The second kappa shape index (κ2) is 8.07. The van der Waals surface area contributed by atoms with E-state index >= 15 is 0 Å². The molecule has 2 N–H and O–H groups in total. The van der Waals surface area contributed by atoms with Gasteiger partial charge in [0.15, 0.2) is 0 Å². The molecule has 3 rings (SSSR count). The molecule has 0 saturated carbocycles. The van der Waals surface area contributed by atoms with Gasteiger partial charge in [-0.15, -0.1) is 0 Å². The Morgan fingerprint density at radius 2 is 1.73 bits per heavy atom. The molecule has 1 aromatic heterocycles. The number of aromatic nitrogens is 1. The molecule has 0 bridgehead atoms. The van der Waals surface area contributed by atoms with Crippen LogP contribution < -0.4 is 10.6 Å². The minimum absolute atomic E-state index is 0.126. The van der Waals surface area contributed by atoms with Gasteiger partial charge in [-0.2, -0.15) is 0 Å². The maximum Gasteiger partial charge on any atom is 0.257 e. The Bertz CT molecular complexity index is 923. The van der Waals surface area contributed by atoms with E-state index in [2.05, 4.69) is 15.6 Å². The van der Waals surface area contributed by atoms with E-state index in [1.165, 1.54) is 6.20 Å². The predicted octanol–water partition coefficient (Wildman–Crippen LogP) is 3.57. The smallest absolute Gasteiger partial charge is 0.257 e. The summed E-state index contributed by atoms with van der Waals surface area (Å²) in [6, 6.07) is 18.2. The van der Waals surface area contributed by atoms with Crippen LogP contribution in [-0.2, 0) is 6.54 Å². The van der Waals surface area contributed by atoms with Crippen LogP contribution in [0.25, 0.3) is 0 Å². The highest BCUT2D eigenvalue weighted by atomic mass is 16.2. The van der Waals surface area contributed by atoms with Crippen LogP contribution in [0.3, 0.4) is 0 Å². The Kier molecular flexibility index (Phi) is 5.39. The van der Waals surface area contributed by atoms with Crippen molar-refractivity contribution in [3.05, 3.63) is 95.3 Å². The number of anilines is 1. The minimum Gasteiger partial charge on any atom is -0.348 e. The lowest BCUT2D eigenvalue weighted by atomic mass is 10.1. The average Bonchev–Trinajstić information content (AvgIpc) is 2.67. The molecule has 3 aromatic rings. The number of amides is 2. The largest absolute Gasteiger partial charge is 0.348 e. The van der Waals surface area contributed by atoms with Gasteiger partial charge in [-0.3, -0.25) is 14.6 Å². The molecular formula is C21H19N3O2. The normalized spacial score (nSPS) is 10.2. The molecule has 2 amide bonds. The minimum atomic E-state index is -0.223. The number of benzene rings is 2. The quantitative estimate of drug-likeness (QED) is 0.742. The summed E-state index contributed by atoms with van der Waals surface area (Å²) < 4.78 is 0. The molecule has 0 aliphatic carbocycles. The first-order valence-electron chi connectivity index (χ1n) is 8.27. The number of hydrogen-bond acceptors (Lipinski definition) is 3. The lowest BCUT2D eigenvalue weighted by Crippen LogP contribution is -2.23. The highest BCUT2D eigenvalue weighted by Gasteiger charge is 2.08. The fourth-order valence-electron chi connectivity index (χ4n) is 2.53. The third kappa shape index (κ3) is 4.54. The van der Waals surface area contributed by atoms with E-state index in [-0.39, 0.29) is 11.8 Å². The fraction of sp³-hybridized carbons (Fsp3) is 0.0952. The second-order valence-electron chi connectivity index (χ2n) is 5.95. The second-order valence-corrected chi connectivity index (χ2v) is 5.95. The van der Waals surface area contributed by atoms with Gasteiger partial charge >= 0.3 is 0 Å². The Hall–Kier alpha value is -3.47. The van der Waals surface area contributed by atoms with Crippen molar-refractivity contribution in [3.63, 3.8) is 0 Å². The van der Waals surface area contributed by atoms with Crippen molar-refractivity contribution in [2.75, 3.05) is 5.32 Å². The van der Waals surface area contributed by atoms with Crippen LogP contribution in [0, 0.1) is 6.92 Å². The van der Waals surface area contributed by atoms with Crippen LogP contribution in [0.4, 0.5) is 5.69 Å².